The van der Waals surface area contributed by atoms with E-state index in [2.05, 4.69) is 4.98 Å². The van der Waals surface area contributed by atoms with Crippen LogP contribution < -0.4 is 5.56 Å². The quantitative estimate of drug-likeness (QED) is 0.848. The monoisotopic (exact) mass is 368 g/mol. The van der Waals surface area contributed by atoms with Crippen molar-refractivity contribution in [2.75, 3.05) is 6.54 Å². The molecule has 5 heteroatoms. The highest BCUT2D eigenvalue weighted by Crippen LogP contribution is 2.26. The predicted molar refractivity (Wildman–Crippen MR) is 106 cm³/mol. The summed E-state index contributed by atoms with van der Waals surface area (Å²) in [6.45, 7) is 3.79. The molecule has 1 atom stereocenters. The van der Waals surface area contributed by atoms with E-state index >= 15 is 0 Å². The van der Waals surface area contributed by atoms with Crippen molar-refractivity contribution in [3.63, 3.8) is 0 Å². The van der Waals surface area contributed by atoms with E-state index < -0.39 is 6.10 Å². The fourth-order valence-electron chi connectivity index (χ4n) is 4.02. The van der Waals surface area contributed by atoms with Crippen molar-refractivity contribution in [1.29, 1.82) is 0 Å². The average molecular weight is 368 g/mol. The molecule has 1 unspecified atom stereocenters. The number of amides is 1. The minimum Gasteiger partial charge on any atom is -0.387 e. The zero-order valence-electron chi connectivity index (χ0n) is 16.1. The molecule has 27 heavy (non-hydrogen) atoms. The fourth-order valence-corrected chi connectivity index (χ4v) is 4.02. The summed E-state index contributed by atoms with van der Waals surface area (Å²) in [4.78, 5) is 30.3. The first-order valence-electron chi connectivity index (χ1n) is 9.72. The van der Waals surface area contributed by atoms with Crippen LogP contribution in [0.2, 0.25) is 0 Å². The van der Waals surface area contributed by atoms with Gasteiger partial charge in [0.05, 0.1) is 12.6 Å². The second-order valence-electron chi connectivity index (χ2n) is 7.52. The molecule has 2 N–H and O–H groups in total. The third-order valence-electron chi connectivity index (χ3n) is 5.41. The molecular formula is C22H28N2O3. The first kappa shape index (κ1) is 19.4. The SMILES string of the molecule is Cc1cc(C)c(C(=O)N(CC(O)c2ccccc2)C2CCCCC2)c(=O)[nH]1. The zero-order valence-corrected chi connectivity index (χ0v) is 16.1. The summed E-state index contributed by atoms with van der Waals surface area (Å²) in [7, 11) is 0. The summed E-state index contributed by atoms with van der Waals surface area (Å²) in [5.74, 6) is -0.282. The average Bonchev–Trinajstić information content (AvgIpc) is 2.66. The molecule has 1 fully saturated rings. The molecule has 144 valence electrons. The van der Waals surface area contributed by atoms with Crippen molar-refractivity contribution in [3.05, 3.63) is 69.1 Å². The minimum atomic E-state index is -0.776. The Morgan fingerprint density at radius 1 is 1.19 bits per heavy atom. The van der Waals surface area contributed by atoms with Crippen LogP contribution in [0.1, 0.15) is 65.4 Å². The summed E-state index contributed by atoms with van der Waals surface area (Å²) in [5, 5.41) is 10.7. The molecule has 2 aromatic rings. The van der Waals surface area contributed by atoms with E-state index in [0.717, 1.165) is 36.9 Å². The van der Waals surface area contributed by atoms with E-state index in [4.69, 9.17) is 0 Å². The molecule has 0 bridgehead atoms. The molecular weight excluding hydrogens is 340 g/mol. The molecule has 5 nitrogen and oxygen atoms in total. The number of aromatic amines is 1. The van der Waals surface area contributed by atoms with Gasteiger partial charge in [-0.15, -0.1) is 0 Å². The van der Waals surface area contributed by atoms with Gasteiger partial charge in [0.25, 0.3) is 11.5 Å². The zero-order chi connectivity index (χ0) is 19.4. The van der Waals surface area contributed by atoms with Gasteiger partial charge in [-0.3, -0.25) is 9.59 Å². The van der Waals surface area contributed by atoms with Gasteiger partial charge in [0.1, 0.15) is 5.56 Å². The molecule has 0 aliphatic heterocycles. The van der Waals surface area contributed by atoms with E-state index in [-0.39, 0.29) is 29.6 Å². The van der Waals surface area contributed by atoms with Crippen molar-refractivity contribution >= 4 is 5.91 Å². The largest absolute Gasteiger partial charge is 0.387 e. The fraction of sp³-hybridized carbons (Fsp3) is 0.455. The first-order chi connectivity index (χ1) is 13.0. The van der Waals surface area contributed by atoms with Crippen molar-refractivity contribution in [3.8, 4) is 0 Å². The lowest BCUT2D eigenvalue weighted by Gasteiger charge is -2.36. The second kappa shape index (κ2) is 8.53. The number of benzene rings is 1. The maximum Gasteiger partial charge on any atom is 0.261 e. The number of hydrogen-bond acceptors (Lipinski definition) is 3. The van der Waals surface area contributed by atoms with E-state index in [0.29, 0.717) is 5.56 Å². The van der Waals surface area contributed by atoms with Gasteiger partial charge in [0.2, 0.25) is 0 Å². The number of nitrogens with one attached hydrogen (secondary N) is 1. The lowest BCUT2D eigenvalue weighted by Crippen LogP contribution is -2.45. The third-order valence-corrected chi connectivity index (χ3v) is 5.41. The van der Waals surface area contributed by atoms with Crippen molar-refractivity contribution in [2.24, 2.45) is 0 Å². The van der Waals surface area contributed by atoms with Crippen LogP contribution in [0.25, 0.3) is 0 Å². The van der Waals surface area contributed by atoms with Gasteiger partial charge >= 0.3 is 0 Å². The van der Waals surface area contributed by atoms with Crippen LogP contribution in [0.3, 0.4) is 0 Å². The predicted octanol–water partition coefficient (Wildman–Crippen LogP) is 3.50. The lowest BCUT2D eigenvalue weighted by atomic mass is 9.92. The molecule has 1 heterocycles. The molecule has 1 aromatic carbocycles. The smallest absolute Gasteiger partial charge is 0.261 e. The van der Waals surface area contributed by atoms with Gasteiger partial charge in [-0.25, -0.2) is 0 Å². The number of aliphatic hydroxyl groups excluding tert-OH is 1. The van der Waals surface area contributed by atoms with Crippen LogP contribution in [-0.2, 0) is 0 Å². The minimum absolute atomic E-state index is 0.0599. The summed E-state index contributed by atoms with van der Waals surface area (Å²) in [6, 6.07) is 11.2. The maximum absolute atomic E-state index is 13.4. The standard InChI is InChI=1S/C22H28N2O3/c1-15-13-16(2)23-21(26)20(15)22(27)24(18-11-7-4-8-12-18)14-19(25)17-9-5-3-6-10-17/h3,5-6,9-10,13,18-19,25H,4,7-8,11-12,14H2,1-2H3,(H,23,26). The number of hydrogen-bond donors (Lipinski definition) is 2. The van der Waals surface area contributed by atoms with Gasteiger partial charge in [0, 0.05) is 11.7 Å². The molecule has 1 aliphatic rings. The molecule has 0 spiro atoms. The number of rotatable bonds is 5. The Bertz CT molecular complexity index is 838. The summed E-state index contributed by atoms with van der Waals surface area (Å²) >= 11 is 0. The highest BCUT2D eigenvalue weighted by atomic mass is 16.3. The molecule has 3 rings (SSSR count). The number of H-pyrrole nitrogens is 1. The van der Waals surface area contributed by atoms with Gasteiger partial charge in [-0.05, 0) is 43.9 Å². The van der Waals surface area contributed by atoms with E-state index in [9.17, 15) is 14.7 Å². The second-order valence-corrected chi connectivity index (χ2v) is 7.52. The topological polar surface area (TPSA) is 73.4 Å². The highest BCUT2D eigenvalue weighted by Gasteiger charge is 2.30. The number of aryl methyl sites for hydroxylation is 2. The Hall–Kier alpha value is -2.40. The lowest BCUT2D eigenvalue weighted by molar-refractivity contribution is 0.0452. The van der Waals surface area contributed by atoms with Gasteiger partial charge in [-0.1, -0.05) is 49.6 Å². The molecule has 0 saturated heterocycles. The molecule has 1 aliphatic carbocycles. The van der Waals surface area contributed by atoms with Crippen LogP contribution in [-0.4, -0.2) is 33.5 Å². The van der Waals surface area contributed by atoms with Crippen molar-refractivity contribution < 1.29 is 9.90 Å². The van der Waals surface area contributed by atoms with Crippen molar-refractivity contribution in [1.82, 2.24) is 9.88 Å². The molecule has 0 radical (unpaired) electrons. The van der Waals surface area contributed by atoms with Crippen LogP contribution in [0, 0.1) is 13.8 Å². The number of pyridine rings is 1. The number of carbonyl (C=O) groups excluding carboxylic acids is 1. The Kier molecular flexibility index (Phi) is 6.11. The van der Waals surface area contributed by atoms with Gasteiger partial charge in [-0.2, -0.15) is 0 Å². The van der Waals surface area contributed by atoms with Crippen molar-refractivity contribution in [2.45, 2.75) is 58.1 Å². The van der Waals surface area contributed by atoms with Gasteiger partial charge < -0.3 is 15.0 Å². The van der Waals surface area contributed by atoms with Crippen LogP contribution in [0.15, 0.2) is 41.2 Å². The van der Waals surface area contributed by atoms with Crippen LogP contribution >= 0.6 is 0 Å². The van der Waals surface area contributed by atoms with E-state index in [1.165, 1.54) is 6.42 Å². The van der Waals surface area contributed by atoms with Crippen LogP contribution in [0.4, 0.5) is 0 Å². The van der Waals surface area contributed by atoms with Crippen LogP contribution in [0.5, 0.6) is 0 Å². The number of aromatic nitrogens is 1. The summed E-state index contributed by atoms with van der Waals surface area (Å²) < 4.78 is 0. The molecule has 1 amide bonds. The Morgan fingerprint density at radius 2 is 1.85 bits per heavy atom. The first-order valence-corrected chi connectivity index (χ1v) is 9.72. The highest BCUT2D eigenvalue weighted by molar-refractivity contribution is 5.95. The summed E-state index contributed by atoms with van der Waals surface area (Å²) in [6.07, 6.45) is 4.36. The molecule has 1 aromatic heterocycles. The Morgan fingerprint density at radius 3 is 2.48 bits per heavy atom. The Labute approximate surface area is 160 Å². The third kappa shape index (κ3) is 4.48. The van der Waals surface area contributed by atoms with E-state index in [1.807, 2.05) is 36.4 Å². The molecule has 1 saturated carbocycles. The number of aliphatic hydroxyl groups is 1. The summed E-state index contributed by atoms with van der Waals surface area (Å²) in [5.41, 5.74) is 2.03. The number of carbonyl (C=O) groups is 1. The maximum atomic E-state index is 13.4. The number of nitrogens with zero attached hydrogens (tertiary/aromatic N) is 1. The van der Waals surface area contributed by atoms with E-state index in [1.54, 1.807) is 18.7 Å². The van der Waals surface area contributed by atoms with Gasteiger partial charge in [0.15, 0.2) is 0 Å². The Balaban J connectivity index is 1.92. The normalized spacial score (nSPS) is 16.1.